The van der Waals surface area contributed by atoms with Gasteiger partial charge in [0.1, 0.15) is 16.4 Å². The molecule has 6 nitrogen and oxygen atoms in total. The molecule has 110 valence electrons. The number of nitrogen functional groups attached to an aromatic ring is 1. The highest BCUT2D eigenvalue weighted by atomic mass is 32.1. The highest BCUT2D eigenvalue weighted by Crippen LogP contribution is 2.32. The Morgan fingerprint density at radius 2 is 2.29 bits per heavy atom. The van der Waals surface area contributed by atoms with Gasteiger partial charge in [-0.15, -0.1) is 11.3 Å². The van der Waals surface area contributed by atoms with Crippen LogP contribution >= 0.6 is 11.3 Å². The molecule has 0 bridgehead atoms. The molecule has 0 aromatic carbocycles. The van der Waals surface area contributed by atoms with Crippen LogP contribution in [0.25, 0.3) is 10.2 Å². The van der Waals surface area contributed by atoms with E-state index < -0.39 is 0 Å². The van der Waals surface area contributed by atoms with E-state index in [0.29, 0.717) is 12.5 Å². The van der Waals surface area contributed by atoms with Crippen molar-refractivity contribution in [3.63, 3.8) is 0 Å². The first-order valence-corrected chi connectivity index (χ1v) is 7.55. The van der Waals surface area contributed by atoms with Gasteiger partial charge in [0.15, 0.2) is 0 Å². The van der Waals surface area contributed by atoms with Crippen LogP contribution in [0.1, 0.15) is 17.6 Å². The lowest BCUT2D eigenvalue weighted by Gasteiger charge is -2.21. The first kappa shape index (κ1) is 13.8. The molecule has 0 unspecified atom stereocenters. The zero-order valence-corrected chi connectivity index (χ0v) is 12.8. The number of nitrogens with two attached hydrogens (primary N) is 1. The summed E-state index contributed by atoms with van der Waals surface area (Å²) in [6.07, 6.45) is 1.68. The number of nitrogens with zero attached hydrogens (tertiary/aromatic N) is 3. The molecule has 0 spiro atoms. The summed E-state index contributed by atoms with van der Waals surface area (Å²) in [5, 5.41) is 1.05. The molecule has 0 saturated heterocycles. The van der Waals surface area contributed by atoms with Crippen molar-refractivity contribution < 1.29 is 4.42 Å². The minimum Gasteiger partial charge on any atom is -0.467 e. The van der Waals surface area contributed by atoms with Crippen molar-refractivity contribution in [2.45, 2.75) is 20.4 Å². The standard InChI is InChI=1S/C14H17N5OS/c1-3-19(8-10-5-4-6-20-10)12-11-7-9(2)21-13(11)17-14(16-12)18-15/h4-7H,3,8,15H2,1-2H3,(H,16,17,18). The SMILES string of the molecule is CCN(Cc1ccco1)c1nc(NN)nc2sc(C)cc12. The van der Waals surface area contributed by atoms with Gasteiger partial charge in [-0.2, -0.15) is 4.98 Å². The van der Waals surface area contributed by atoms with Gasteiger partial charge in [-0.05, 0) is 32.0 Å². The molecule has 3 N–H and O–H groups in total. The molecule has 0 fully saturated rings. The van der Waals surface area contributed by atoms with Crippen LogP contribution in [0.5, 0.6) is 0 Å². The van der Waals surface area contributed by atoms with Crippen molar-refractivity contribution in [3.8, 4) is 0 Å². The Bertz CT molecular complexity index is 737. The van der Waals surface area contributed by atoms with Crippen molar-refractivity contribution in [3.05, 3.63) is 35.1 Å². The molecule has 7 heteroatoms. The topological polar surface area (TPSA) is 80.2 Å². The maximum Gasteiger partial charge on any atom is 0.240 e. The second-order valence-electron chi connectivity index (χ2n) is 4.68. The lowest BCUT2D eigenvalue weighted by atomic mass is 10.3. The molecule has 3 aromatic heterocycles. The van der Waals surface area contributed by atoms with Gasteiger partial charge in [-0.1, -0.05) is 0 Å². The third-order valence-corrected chi connectivity index (χ3v) is 4.18. The Labute approximate surface area is 126 Å². The van der Waals surface area contributed by atoms with Gasteiger partial charge >= 0.3 is 0 Å². The van der Waals surface area contributed by atoms with E-state index in [1.807, 2.05) is 12.1 Å². The Morgan fingerprint density at radius 1 is 1.43 bits per heavy atom. The maximum atomic E-state index is 5.49. The van der Waals surface area contributed by atoms with Crippen LogP contribution < -0.4 is 16.2 Å². The van der Waals surface area contributed by atoms with E-state index in [2.05, 4.69) is 40.2 Å². The van der Waals surface area contributed by atoms with E-state index in [4.69, 9.17) is 10.3 Å². The second kappa shape index (κ2) is 5.71. The number of hydrogen-bond acceptors (Lipinski definition) is 7. The second-order valence-corrected chi connectivity index (χ2v) is 5.92. The summed E-state index contributed by atoms with van der Waals surface area (Å²) in [5.41, 5.74) is 2.54. The molecule has 3 heterocycles. The van der Waals surface area contributed by atoms with Gasteiger partial charge in [-0.25, -0.2) is 10.8 Å². The predicted octanol–water partition coefficient (Wildman–Crippen LogP) is 2.90. The van der Waals surface area contributed by atoms with Gasteiger partial charge in [0.05, 0.1) is 18.2 Å². The van der Waals surface area contributed by atoms with E-state index in [-0.39, 0.29) is 0 Å². The highest BCUT2D eigenvalue weighted by molar-refractivity contribution is 7.18. The molecule has 0 atom stereocenters. The molecule has 0 aliphatic rings. The Morgan fingerprint density at radius 3 is 2.95 bits per heavy atom. The number of fused-ring (bicyclic) bond motifs is 1. The van der Waals surface area contributed by atoms with Gasteiger partial charge < -0.3 is 9.32 Å². The summed E-state index contributed by atoms with van der Waals surface area (Å²) in [5.74, 6) is 7.69. The molecule has 21 heavy (non-hydrogen) atoms. The van der Waals surface area contributed by atoms with E-state index >= 15 is 0 Å². The van der Waals surface area contributed by atoms with Crippen molar-refractivity contribution in [2.24, 2.45) is 5.84 Å². The van der Waals surface area contributed by atoms with Crippen LogP contribution in [-0.4, -0.2) is 16.5 Å². The number of thiophene rings is 1. The van der Waals surface area contributed by atoms with Crippen LogP contribution in [-0.2, 0) is 6.54 Å². The summed E-state index contributed by atoms with van der Waals surface area (Å²) < 4.78 is 5.44. The Balaban J connectivity index is 2.07. The zero-order valence-electron chi connectivity index (χ0n) is 12.0. The number of nitrogens with one attached hydrogen (secondary N) is 1. The van der Waals surface area contributed by atoms with E-state index in [9.17, 15) is 0 Å². The molecule has 0 aliphatic carbocycles. The summed E-state index contributed by atoms with van der Waals surface area (Å²) in [6.45, 7) is 5.63. The molecule has 0 aliphatic heterocycles. The van der Waals surface area contributed by atoms with Gasteiger partial charge in [-0.3, -0.25) is 5.43 Å². The molecule has 0 radical (unpaired) electrons. The molecular formula is C14H17N5OS. The lowest BCUT2D eigenvalue weighted by molar-refractivity contribution is 0.503. The average Bonchev–Trinajstić information content (AvgIpc) is 3.11. The molecule has 3 aromatic rings. The normalized spacial score (nSPS) is 11.0. The maximum absolute atomic E-state index is 5.49. The quantitative estimate of drug-likeness (QED) is 0.557. The van der Waals surface area contributed by atoms with Gasteiger partial charge in [0, 0.05) is 11.4 Å². The number of aryl methyl sites for hydroxylation is 1. The van der Waals surface area contributed by atoms with Crippen LogP contribution in [0.2, 0.25) is 0 Å². The number of anilines is 2. The zero-order chi connectivity index (χ0) is 14.8. The fourth-order valence-corrected chi connectivity index (χ4v) is 3.13. The monoisotopic (exact) mass is 303 g/mol. The Hall–Kier alpha value is -2.12. The summed E-state index contributed by atoms with van der Waals surface area (Å²) in [7, 11) is 0. The minimum absolute atomic E-state index is 0.428. The first-order chi connectivity index (χ1) is 10.2. The highest BCUT2D eigenvalue weighted by Gasteiger charge is 2.16. The summed E-state index contributed by atoms with van der Waals surface area (Å²) >= 11 is 1.63. The van der Waals surface area contributed by atoms with Crippen molar-refractivity contribution >= 4 is 33.3 Å². The average molecular weight is 303 g/mol. The van der Waals surface area contributed by atoms with Crippen LogP contribution in [0.4, 0.5) is 11.8 Å². The minimum atomic E-state index is 0.428. The number of aromatic nitrogens is 2. The van der Waals surface area contributed by atoms with Crippen LogP contribution in [0.3, 0.4) is 0 Å². The lowest BCUT2D eigenvalue weighted by Crippen LogP contribution is -2.24. The van der Waals surface area contributed by atoms with Crippen LogP contribution in [0.15, 0.2) is 28.9 Å². The number of furan rings is 1. The Kier molecular flexibility index (Phi) is 3.76. The number of hydrazine groups is 1. The molecule has 0 saturated carbocycles. The van der Waals surface area contributed by atoms with Gasteiger partial charge in [0.2, 0.25) is 5.95 Å². The number of rotatable bonds is 5. The first-order valence-electron chi connectivity index (χ1n) is 6.73. The molecule has 0 amide bonds. The number of hydrogen-bond donors (Lipinski definition) is 2. The van der Waals surface area contributed by atoms with E-state index in [1.165, 1.54) is 4.88 Å². The van der Waals surface area contributed by atoms with Crippen LogP contribution in [0, 0.1) is 6.92 Å². The largest absolute Gasteiger partial charge is 0.467 e. The summed E-state index contributed by atoms with van der Waals surface area (Å²) in [6, 6.07) is 5.96. The smallest absolute Gasteiger partial charge is 0.240 e. The third-order valence-electron chi connectivity index (χ3n) is 3.23. The molecule has 3 rings (SSSR count). The van der Waals surface area contributed by atoms with Crippen molar-refractivity contribution in [1.29, 1.82) is 0 Å². The third kappa shape index (κ3) is 2.70. The van der Waals surface area contributed by atoms with Crippen molar-refractivity contribution in [2.75, 3.05) is 16.9 Å². The fourth-order valence-electron chi connectivity index (χ4n) is 2.26. The predicted molar refractivity (Wildman–Crippen MR) is 85.4 cm³/mol. The summed E-state index contributed by atoms with van der Waals surface area (Å²) in [4.78, 5) is 13.2. The molecular weight excluding hydrogens is 286 g/mol. The fraction of sp³-hybridized carbons (Fsp3) is 0.286. The van der Waals surface area contributed by atoms with Crippen molar-refractivity contribution in [1.82, 2.24) is 9.97 Å². The van der Waals surface area contributed by atoms with E-state index in [1.54, 1.807) is 17.6 Å². The van der Waals surface area contributed by atoms with Gasteiger partial charge in [0.25, 0.3) is 0 Å². The van der Waals surface area contributed by atoms with E-state index in [0.717, 1.165) is 28.3 Å².